The summed E-state index contributed by atoms with van der Waals surface area (Å²) in [6.07, 6.45) is 0. The molecule has 0 N–H and O–H groups in total. The second-order valence-corrected chi connectivity index (χ2v) is 11.8. The SMILES string of the molecule is c1ccc(-c2ccccc2-c2cccc(N(c3ccccc3)c3ccc4ccc5cc6oc7ccccc7c6cc5c4c3)c2)cc1. The number of hydrogen-bond donors (Lipinski definition) is 0. The van der Waals surface area contributed by atoms with E-state index in [0.29, 0.717) is 0 Å². The first-order valence-corrected chi connectivity index (χ1v) is 15.7. The fourth-order valence-electron chi connectivity index (χ4n) is 6.84. The van der Waals surface area contributed by atoms with Crippen LogP contribution < -0.4 is 4.90 Å². The highest BCUT2D eigenvalue weighted by Gasteiger charge is 2.16. The summed E-state index contributed by atoms with van der Waals surface area (Å²) in [5.74, 6) is 0. The van der Waals surface area contributed by atoms with Gasteiger partial charge in [-0.2, -0.15) is 0 Å². The van der Waals surface area contributed by atoms with Gasteiger partial charge in [-0.25, -0.2) is 0 Å². The maximum atomic E-state index is 6.23. The van der Waals surface area contributed by atoms with Crippen molar-refractivity contribution in [2.45, 2.75) is 0 Å². The van der Waals surface area contributed by atoms with E-state index in [4.69, 9.17) is 4.42 Å². The van der Waals surface area contributed by atoms with Gasteiger partial charge in [0.1, 0.15) is 11.2 Å². The number of nitrogens with zero attached hydrogens (tertiary/aromatic N) is 1. The van der Waals surface area contributed by atoms with Crippen LogP contribution in [0, 0.1) is 0 Å². The van der Waals surface area contributed by atoms with Crippen molar-refractivity contribution in [2.24, 2.45) is 0 Å². The Morgan fingerprint density at radius 2 is 0.935 bits per heavy atom. The summed E-state index contributed by atoms with van der Waals surface area (Å²) in [6.45, 7) is 0. The van der Waals surface area contributed by atoms with Crippen LogP contribution in [-0.2, 0) is 0 Å². The minimum atomic E-state index is 0.918. The second-order valence-electron chi connectivity index (χ2n) is 11.8. The Morgan fingerprint density at radius 3 is 1.78 bits per heavy atom. The van der Waals surface area contributed by atoms with Crippen molar-refractivity contribution in [1.29, 1.82) is 0 Å². The molecule has 0 saturated heterocycles. The molecule has 0 fully saturated rings. The molecule has 0 unspecified atom stereocenters. The van der Waals surface area contributed by atoms with Crippen molar-refractivity contribution in [3.8, 4) is 22.3 Å². The summed E-state index contributed by atoms with van der Waals surface area (Å²) < 4.78 is 6.23. The Hall–Kier alpha value is -6.12. The number of para-hydroxylation sites is 2. The average Bonchev–Trinajstić information content (AvgIpc) is 3.49. The van der Waals surface area contributed by atoms with Gasteiger partial charge < -0.3 is 9.32 Å². The maximum absolute atomic E-state index is 6.23. The highest BCUT2D eigenvalue weighted by Crippen LogP contribution is 2.41. The number of anilines is 3. The van der Waals surface area contributed by atoms with Crippen molar-refractivity contribution in [3.05, 3.63) is 176 Å². The molecular weight excluding hydrogens is 558 g/mol. The highest BCUT2D eigenvalue weighted by molar-refractivity contribution is 6.17. The van der Waals surface area contributed by atoms with Crippen molar-refractivity contribution in [3.63, 3.8) is 0 Å². The van der Waals surface area contributed by atoms with Crippen LogP contribution in [0.2, 0.25) is 0 Å². The number of furan rings is 1. The Labute approximate surface area is 267 Å². The topological polar surface area (TPSA) is 16.4 Å². The van der Waals surface area contributed by atoms with Crippen LogP contribution in [0.5, 0.6) is 0 Å². The molecule has 0 aliphatic carbocycles. The van der Waals surface area contributed by atoms with Gasteiger partial charge in [0.15, 0.2) is 0 Å². The smallest absolute Gasteiger partial charge is 0.136 e. The standard InChI is InChI=1S/C44H29NO/c1-3-12-30(13-4-1)37-18-7-8-19-38(37)32-14-11-17-35(26-32)45(34-15-5-2-6-16-34)36-25-24-31-22-23-33-27-44-42(29-41(33)40(31)28-36)39-20-9-10-21-43(39)46-44/h1-29H. The van der Waals surface area contributed by atoms with Crippen LogP contribution in [0.25, 0.3) is 65.7 Å². The summed E-state index contributed by atoms with van der Waals surface area (Å²) in [7, 11) is 0. The zero-order valence-corrected chi connectivity index (χ0v) is 25.1. The van der Waals surface area contributed by atoms with Gasteiger partial charge in [-0.05, 0) is 98.4 Å². The molecule has 0 radical (unpaired) electrons. The van der Waals surface area contributed by atoms with E-state index in [0.717, 1.165) is 39.0 Å². The summed E-state index contributed by atoms with van der Waals surface area (Å²) in [6, 6.07) is 62.8. The molecule has 2 nitrogen and oxygen atoms in total. The van der Waals surface area contributed by atoms with Crippen molar-refractivity contribution < 1.29 is 4.42 Å². The minimum Gasteiger partial charge on any atom is -0.456 e. The van der Waals surface area contributed by atoms with Crippen LogP contribution in [0.3, 0.4) is 0 Å². The fraction of sp³-hybridized carbons (Fsp3) is 0. The van der Waals surface area contributed by atoms with E-state index in [2.05, 4.69) is 169 Å². The fourth-order valence-corrected chi connectivity index (χ4v) is 6.84. The molecule has 9 rings (SSSR count). The van der Waals surface area contributed by atoms with Crippen LogP contribution >= 0.6 is 0 Å². The monoisotopic (exact) mass is 587 g/mol. The lowest BCUT2D eigenvalue weighted by Gasteiger charge is -2.26. The van der Waals surface area contributed by atoms with Gasteiger partial charge in [0.2, 0.25) is 0 Å². The number of benzene rings is 8. The largest absolute Gasteiger partial charge is 0.456 e. The Kier molecular flexibility index (Phi) is 6.17. The lowest BCUT2D eigenvalue weighted by molar-refractivity contribution is 0.669. The van der Waals surface area contributed by atoms with Gasteiger partial charge in [0, 0.05) is 27.8 Å². The summed E-state index contributed by atoms with van der Waals surface area (Å²) in [5.41, 5.74) is 9.99. The third-order valence-corrected chi connectivity index (χ3v) is 9.02. The number of rotatable bonds is 5. The molecule has 8 aromatic carbocycles. The molecule has 0 saturated carbocycles. The molecule has 1 heterocycles. The van der Waals surface area contributed by atoms with E-state index in [1.54, 1.807) is 0 Å². The molecule has 0 spiro atoms. The van der Waals surface area contributed by atoms with Crippen LogP contribution in [0.4, 0.5) is 17.1 Å². The van der Waals surface area contributed by atoms with Crippen molar-refractivity contribution in [1.82, 2.24) is 0 Å². The number of hydrogen-bond acceptors (Lipinski definition) is 2. The van der Waals surface area contributed by atoms with Crippen LogP contribution in [0.15, 0.2) is 180 Å². The third-order valence-electron chi connectivity index (χ3n) is 9.02. The first kappa shape index (κ1) is 26.3. The van der Waals surface area contributed by atoms with Crippen LogP contribution in [0.1, 0.15) is 0 Å². The van der Waals surface area contributed by atoms with Gasteiger partial charge >= 0.3 is 0 Å². The second kappa shape index (κ2) is 10.8. The van der Waals surface area contributed by atoms with Gasteiger partial charge in [0.05, 0.1) is 0 Å². The summed E-state index contributed by atoms with van der Waals surface area (Å²) >= 11 is 0. The average molecular weight is 588 g/mol. The van der Waals surface area contributed by atoms with E-state index in [-0.39, 0.29) is 0 Å². The molecule has 0 aliphatic heterocycles. The maximum Gasteiger partial charge on any atom is 0.136 e. The van der Waals surface area contributed by atoms with Crippen molar-refractivity contribution >= 4 is 60.5 Å². The third kappa shape index (κ3) is 4.43. The Balaban J connectivity index is 1.23. The molecule has 0 amide bonds. The van der Waals surface area contributed by atoms with E-state index in [1.165, 1.54) is 43.8 Å². The zero-order chi connectivity index (χ0) is 30.5. The van der Waals surface area contributed by atoms with E-state index in [9.17, 15) is 0 Å². The lowest BCUT2D eigenvalue weighted by Crippen LogP contribution is -2.10. The predicted molar refractivity (Wildman–Crippen MR) is 194 cm³/mol. The first-order valence-electron chi connectivity index (χ1n) is 15.7. The summed E-state index contributed by atoms with van der Waals surface area (Å²) in [5, 5.41) is 7.10. The molecule has 46 heavy (non-hydrogen) atoms. The molecular formula is C44H29NO. The van der Waals surface area contributed by atoms with E-state index in [1.807, 2.05) is 12.1 Å². The van der Waals surface area contributed by atoms with Crippen LogP contribution in [-0.4, -0.2) is 0 Å². The van der Waals surface area contributed by atoms with Gasteiger partial charge in [-0.15, -0.1) is 0 Å². The molecule has 1 aromatic heterocycles. The Morgan fingerprint density at radius 1 is 0.326 bits per heavy atom. The zero-order valence-electron chi connectivity index (χ0n) is 25.1. The molecule has 2 heteroatoms. The Bertz CT molecular complexity index is 2530. The lowest BCUT2D eigenvalue weighted by atomic mass is 9.94. The quantitative estimate of drug-likeness (QED) is 0.186. The summed E-state index contributed by atoms with van der Waals surface area (Å²) in [4.78, 5) is 2.36. The molecule has 0 atom stereocenters. The van der Waals surface area contributed by atoms with E-state index < -0.39 is 0 Å². The van der Waals surface area contributed by atoms with Crippen molar-refractivity contribution in [2.75, 3.05) is 4.90 Å². The molecule has 0 bridgehead atoms. The predicted octanol–water partition coefficient (Wildman–Crippen LogP) is 12.7. The van der Waals surface area contributed by atoms with Gasteiger partial charge in [0.25, 0.3) is 0 Å². The molecule has 9 aromatic rings. The van der Waals surface area contributed by atoms with Gasteiger partial charge in [-0.3, -0.25) is 0 Å². The molecule has 216 valence electrons. The van der Waals surface area contributed by atoms with E-state index >= 15 is 0 Å². The molecule has 0 aliphatic rings. The first-order chi connectivity index (χ1) is 22.8. The normalized spacial score (nSPS) is 11.5. The minimum absolute atomic E-state index is 0.918. The van der Waals surface area contributed by atoms with Gasteiger partial charge in [-0.1, -0.05) is 121 Å². The number of fused-ring (bicyclic) bond motifs is 6. The highest BCUT2D eigenvalue weighted by atomic mass is 16.3.